The van der Waals surface area contributed by atoms with Gasteiger partial charge in [0.15, 0.2) is 0 Å². The van der Waals surface area contributed by atoms with Crippen molar-refractivity contribution in [2.45, 2.75) is 24.7 Å². The Morgan fingerprint density at radius 2 is 1.82 bits per heavy atom. The average molecular weight is 406 g/mol. The number of nitrogens with zero attached hydrogens (tertiary/aromatic N) is 1. The summed E-state index contributed by atoms with van der Waals surface area (Å²) in [5.41, 5.74) is 2.10. The SMILES string of the molecule is Cc1ccc(S(=O)(=O)N2CCOCC2)cc1NC(=O)CCc1ccc(F)cc1. The summed E-state index contributed by atoms with van der Waals surface area (Å²) in [6, 6.07) is 10.7. The Labute approximate surface area is 164 Å². The number of benzene rings is 2. The molecule has 0 aliphatic carbocycles. The van der Waals surface area contributed by atoms with E-state index in [1.54, 1.807) is 31.2 Å². The molecule has 0 radical (unpaired) electrons. The maximum Gasteiger partial charge on any atom is 0.243 e. The molecule has 1 fully saturated rings. The minimum atomic E-state index is -3.63. The molecule has 2 aromatic carbocycles. The zero-order valence-electron chi connectivity index (χ0n) is 15.7. The molecule has 0 unspecified atom stereocenters. The van der Waals surface area contributed by atoms with E-state index in [2.05, 4.69) is 5.32 Å². The molecule has 1 aliphatic rings. The third-order valence-electron chi connectivity index (χ3n) is 4.64. The molecule has 3 rings (SSSR count). The summed E-state index contributed by atoms with van der Waals surface area (Å²) in [5, 5.41) is 2.79. The molecule has 1 amide bonds. The first kappa shape index (κ1) is 20.4. The molecule has 1 N–H and O–H groups in total. The zero-order chi connectivity index (χ0) is 20.1. The maximum atomic E-state index is 12.9. The third-order valence-corrected chi connectivity index (χ3v) is 6.54. The van der Waals surface area contributed by atoms with Gasteiger partial charge in [0.05, 0.1) is 18.1 Å². The Balaban J connectivity index is 1.68. The molecule has 1 saturated heterocycles. The van der Waals surface area contributed by atoms with Gasteiger partial charge in [0, 0.05) is 25.2 Å². The van der Waals surface area contributed by atoms with Gasteiger partial charge in [-0.25, -0.2) is 12.8 Å². The van der Waals surface area contributed by atoms with E-state index in [9.17, 15) is 17.6 Å². The summed E-state index contributed by atoms with van der Waals surface area (Å²) in [7, 11) is -3.63. The van der Waals surface area contributed by atoms with E-state index in [0.717, 1.165) is 11.1 Å². The number of carbonyl (C=O) groups excluding carboxylic acids is 1. The van der Waals surface area contributed by atoms with E-state index in [1.165, 1.54) is 22.5 Å². The van der Waals surface area contributed by atoms with Crippen molar-refractivity contribution in [2.24, 2.45) is 0 Å². The third kappa shape index (κ3) is 4.95. The summed E-state index contributed by atoms with van der Waals surface area (Å²) >= 11 is 0. The number of amides is 1. The molecule has 0 bridgehead atoms. The lowest BCUT2D eigenvalue weighted by Crippen LogP contribution is -2.40. The lowest BCUT2D eigenvalue weighted by molar-refractivity contribution is -0.116. The van der Waals surface area contributed by atoms with Gasteiger partial charge < -0.3 is 10.1 Å². The fourth-order valence-corrected chi connectivity index (χ4v) is 4.39. The van der Waals surface area contributed by atoms with E-state index in [1.807, 2.05) is 0 Å². The van der Waals surface area contributed by atoms with E-state index >= 15 is 0 Å². The number of anilines is 1. The second kappa shape index (κ2) is 8.81. The number of nitrogens with one attached hydrogen (secondary N) is 1. The number of halogens is 1. The van der Waals surface area contributed by atoms with Crippen LogP contribution in [-0.2, 0) is 26.0 Å². The first-order valence-electron chi connectivity index (χ1n) is 9.09. The summed E-state index contributed by atoms with van der Waals surface area (Å²) in [5.74, 6) is -0.546. The summed E-state index contributed by atoms with van der Waals surface area (Å²) in [6.07, 6.45) is 0.683. The predicted molar refractivity (Wildman–Crippen MR) is 104 cm³/mol. The number of morpholine rings is 1. The molecule has 2 aromatic rings. The first-order valence-corrected chi connectivity index (χ1v) is 10.5. The van der Waals surface area contributed by atoms with Gasteiger partial charge in [0.2, 0.25) is 15.9 Å². The highest BCUT2D eigenvalue weighted by Gasteiger charge is 2.26. The van der Waals surface area contributed by atoms with Gasteiger partial charge in [0.25, 0.3) is 0 Å². The fourth-order valence-electron chi connectivity index (χ4n) is 2.95. The number of hydrogen-bond donors (Lipinski definition) is 1. The second-order valence-corrected chi connectivity index (χ2v) is 8.61. The van der Waals surface area contributed by atoms with Gasteiger partial charge in [-0.1, -0.05) is 18.2 Å². The zero-order valence-corrected chi connectivity index (χ0v) is 16.5. The number of rotatable bonds is 6. The van der Waals surface area contributed by atoms with E-state index < -0.39 is 10.0 Å². The smallest absolute Gasteiger partial charge is 0.243 e. The molecular weight excluding hydrogens is 383 g/mol. The van der Waals surface area contributed by atoms with Crippen LogP contribution in [0.25, 0.3) is 0 Å². The molecule has 1 heterocycles. The van der Waals surface area contributed by atoms with Crippen molar-refractivity contribution >= 4 is 21.6 Å². The standard InChI is InChI=1S/C20H23FN2O4S/c1-15-2-8-18(28(25,26)23-10-12-27-13-11-23)14-19(15)22-20(24)9-5-16-3-6-17(21)7-4-16/h2-4,6-8,14H,5,9-13H2,1H3,(H,22,24). The van der Waals surface area contributed by atoms with E-state index in [-0.39, 0.29) is 23.0 Å². The Hall–Kier alpha value is -2.29. The fraction of sp³-hybridized carbons (Fsp3) is 0.350. The summed E-state index contributed by atoms with van der Waals surface area (Å²) in [6.45, 7) is 3.18. The second-order valence-electron chi connectivity index (χ2n) is 6.67. The van der Waals surface area contributed by atoms with Crippen LogP contribution in [0, 0.1) is 12.7 Å². The van der Waals surface area contributed by atoms with Crippen LogP contribution in [0.3, 0.4) is 0 Å². The summed E-state index contributed by atoms with van der Waals surface area (Å²) < 4.78 is 45.2. The lowest BCUT2D eigenvalue weighted by atomic mass is 10.1. The average Bonchev–Trinajstić information content (AvgIpc) is 2.70. The van der Waals surface area contributed by atoms with Gasteiger partial charge in [-0.3, -0.25) is 4.79 Å². The predicted octanol–water partition coefficient (Wildman–Crippen LogP) is 2.73. The van der Waals surface area contributed by atoms with Crippen LogP contribution in [0.4, 0.5) is 10.1 Å². The number of hydrogen-bond acceptors (Lipinski definition) is 4. The van der Waals surface area contributed by atoms with Crippen molar-refractivity contribution in [1.29, 1.82) is 0 Å². The Bertz CT molecular complexity index is 939. The molecule has 0 spiro atoms. The first-order chi connectivity index (χ1) is 13.4. The van der Waals surface area contributed by atoms with Crippen molar-refractivity contribution in [3.8, 4) is 0 Å². The maximum absolute atomic E-state index is 12.9. The molecular formula is C20H23FN2O4S. The van der Waals surface area contributed by atoms with Crippen molar-refractivity contribution < 1.29 is 22.3 Å². The molecule has 0 saturated carbocycles. The van der Waals surface area contributed by atoms with Crippen LogP contribution in [0.15, 0.2) is 47.4 Å². The van der Waals surface area contributed by atoms with Gasteiger partial charge in [-0.05, 0) is 48.7 Å². The number of aryl methyl sites for hydroxylation is 2. The molecule has 8 heteroatoms. The minimum Gasteiger partial charge on any atom is -0.379 e. The molecule has 6 nitrogen and oxygen atoms in total. The number of carbonyl (C=O) groups is 1. The van der Waals surface area contributed by atoms with E-state index in [4.69, 9.17) is 4.74 Å². The van der Waals surface area contributed by atoms with Gasteiger partial charge in [0.1, 0.15) is 5.82 Å². The normalized spacial score (nSPS) is 15.4. The topological polar surface area (TPSA) is 75.7 Å². The van der Waals surface area contributed by atoms with Gasteiger partial charge in [-0.2, -0.15) is 4.31 Å². The quantitative estimate of drug-likeness (QED) is 0.800. The van der Waals surface area contributed by atoms with Gasteiger partial charge in [-0.15, -0.1) is 0 Å². The van der Waals surface area contributed by atoms with Crippen molar-refractivity contribution in [2.75, 3.05) is 31.6 Å². The Morgan fingerprint density at radius 3 is 2.50 bits per heavy atom. The van der Waals surface area contributed by atoms with Crippen molar-refractivity contribution in [3.05, 3.63) is 59.4 Å². The Morgan fingerprint density at radius 1 is 1.14 bits per heavy atom. The largest absolute Gasteiger partial charge is 0.379 e. The monoisotopic (exact) mass is 406 g/mol. The number of sulfonamides is 1. The highest BCUT2D eigenvalue weighted by molar-refractivity contribution is 7.89. The van der Waals surface area contributed by atoms with Crippen LogP contribution in [-0.4, -0.2) is 44.9 Å². The van der Waals surface area contributed by atoms with Crippen LogP contribution in [0.5, 0.6) is 0 Å². The highest BCUT2D eigenvalue weighted by atomic mass is 32.2. The molecule has 28 heavy (non-hydrogen) atoms. The lowest BCUT2D eigenvalue weighted by Gasteiger charge is -2.26. The van der Waals surface area contributed by atoms with Gasteiger partial charge >= 0.3 is 0 Å². The molecule has 0 atom stereocenters. The van der Waals surface area contributed by atoms with Crippen LogP contribution in [0.1, 0.15) is 17.5 Å². The highest BCUT2D eigenvalue weighted by Crippen LogP contribution is 2.24. The van der Waals surface area contributed by atoms with Crippen molar-refractivity contribution in [3.63, 3.8) is 0 Å². The van der Waals surface area contributed by atoms with Crippen molar-refractivity contribution in [1.82, 2.24) is 4.31 Å². The summed E-state index contributed by atoms with van der Waals surface area (Å²) in [4.78, 5) is 12.5. The molecule has 0 aromatic heterocycles. The Kier molecular flexibility index (Phi) is 6.43. The molecule has 150 valence electrons. The van der Waals surface area contributed by atoms with Crippen LogP contribution < -0.4 is 5.32 Å². The molecule has 1 aliphatic heterocycles. The minimum absolute atomic E-state index is 0.147. The number of ether oxygens (including phenoxy) is 1. The van der Waals surface area contributed by atoms with Crippen LogP contribution in [0.2, 0.25) is 0 Å². The van der Waals surface area contributed by atoms with E-state index in [0.29, 0.717) is 38.4 Å². The van der Waals surface area contributed by atoms with Crippen LogP contribution >= 0.6 is 0 Å².